The van der Waals surface area contributed by atoms with Gasteiger partial charge in [0, 0.05) is 11.6 Å². The molecular weight excluding hydrogens is 228 g/mol. The standard InChI is InChI=1S/C14H20N2O2/c1-14(2)9-12(14)10-15-8-7-11-5-3-4-6-13(11)16(17)18/h3-6,12,15H,7-10H2,1-2H3. The molecule has 18 heavy (non-hydrogen) atoms. The molecule has 2 rings (SSSR count). The van der Waals surface area contributed by atoms with Crippen LogP contribution in [0.5, 0.6) is 0 Å². The molecule has 0 bridgehead atoms. The second-order valence-corrected chi connectivity index (χ2v) is 5.73. The SMILES string of the molecule is CC1(C)CC1CNCCc1ccccc1[N+](=O)[O-]. The monoisotopic (exact) mass is 248 g/mol. The zero-order chi connectivity index (χ0) is 13.2. The van der Waals surface area contributed by atoms with Gasteiger partial charge in [0.1, 0.15) is 0 Å². The second-order valence-electron chi connectivity index (χ2n) is 5.73. The van der Waals surface area contributed by atoms with Gasteiger partial charge in [-0.1, -0.05) is 32.0 Å². The molecular formula is C14H20N2O2. The summed E-state index contributed by atoms with van der Waals surface area (Å²) in [6.07, 6.45) is 2.00. The Morgan fingerprint density at radius 3 is 2.72 bits per heavy atom. The van der Waals surface area contributed by atoms with E-state index in [0.717, 1.165) is 24.6 Å². The largest absolute Gasteiger partial charge is 0.316 e. The van der Waals surface area contributed by atoms with E-state index in [2.05, 4.69) is 19.2 Å². The van der Waals surface area contributed by atoms with Gasteiger partial charge in [0.15, 0.2) is 0 Å². The number of rotatable bonds is 6. The van der Waals surface area contributed by atoms with Crippen LogP contribution in [0.15, 0.2) is 24.3 Å². The third-order valence-corrected chi connectivity index (χ3v) is 3.87. The van der Waals surface area contributed by atoms with E-state index >= 15 is 0 Å². The summed E-state index contributed by atoms with van der Waals surface area (Å²) >= 11 is 0. The van der Waals surface area contributed by atoms with Gasteiger partial charge in [-0.3, -0.25) is 10.1 Å². The summed E-state index contributed by atoms with van der Waals surface area (Å²) in [6.45, 7) is 6.38. The number of nitro groups is 1. The van der Waals surface area contributed by atoms with E-state index in [4.69, 9.17) is 0 Å². The Balaban J connectivity index is 1.78. The fourth-order valence-electron chi connectivity index (χ4n) is 2.32. The first-order valence-electron chi connectivity index (χ1n) is 6.44. The first-order chi connectivity index (χ1) is 8.50. The van der Waals surface area contributed by atoms with Crippen LogP contribution < -0.4 is 5.32 Å². The molecule has 1 fully saturated rings. The Bertz CT molecular complexity index is 443. The van der Waals surface area contributed by atoms with Crippen molar-refractivity contribution in [2.75, 3.05) is 13.1 Å². The van der Waals surface area contributed by atoms with Crippen molar-refractivity contribution in [3.05, 3.63) is 39.9 Å². The first-order valence-corrected chi connectivity index (χ1v) is 6.44. The van der Waals surface area contributed by atoms with E-state index < -0.39 is 0 Å². The molecule has 1 aromatic carbocycles. The van der Waals surface area contributed by atoms with Crippen molar-refractivity contribution in [3.8, 4) is 0 Å². The fraction of sp³-hybridized carbons (Fsp3) is 0.571. The molecule has 1 saturated carbocycles. The average molecular weight is 248 g/mol. The van der Waals surface area contributed by atoms with E-state index in [0.29, 0.717) is 11.8 Å². The molecule has 1 aliphatic carbocycles. The topological polar surface area (TPSA) is 55.2 Å². The molecule has 0 spiro atoms. The summed E-state index contributed by atoms with van der Waals surface area (Å²) < 4.78 is 0. The zero-order valence-electron chi connectivity index (χ0n) is 11.0. The maximum absolute atomic E-state index is 10.8. The van der Waals surface area contributed by atoms with E-state index in [-0.39, 0.29) is 10.6 Å². The van der Waals surface area contributed by atoms with Crippen LogP contribution >= 0.6 is 0 Å². The molecule has 0 saturated heterocycles. The Labute approximate surface area is 108 Å². The van der Waals surface area contributed by atoms with Crippen LogP contribution in [0.3, 0.4) is 0 Å². The minimum Gasteiger partial charge on any atom is -0.316 e. The van der Waals surface area contributed by atoms with Crippen molar-refractivity contribution >= 4 is 5.69 Å². The average Bonchev–Trinajstić information content (AvgIpc) is 2.93. The quantitative estimate of drug-likeness (QED) is 0.478. The van der Waals surface area contributed by atoms with Gasteiger partial charge < -0.3 is 5.32 Å². The molecule has 4 heteroatoms. The third kappa shape index (κ3) is 3.07. The van der Waals surface area contributed by atoms with E-state index in [1.54, 1.807) is 12.1 Å². The smallest absolute Gasteiger partial charge is 0.272 e. The summed E-state index contributed by atoms with van der Waals surface area (Å²) in [5, 5.41) is 14.2. The Kier molecular flexibility index (Phi) is 3.66. The van der Waals surface area contributed by atoms with Gasteiger partial charge in [-0.25, -0.2) is 0 Å². The highest BCUT2D eigenvalue weighted by Gasteiger charge is 2.44. The van der Waals surface area contributed by atoms with Crippen molar-refractivity contribution < 1.29 is 4.92 Å². The molecule has 0 radical (unpaired) electrons. The highest BCUT2D eigenvalue weighted by Crippen LogP contribution is 2.50. The van der Waals surface area contributed by atoms with Crippen LogP contribution in [-0.4, -0.2) is 18.0 Å². The Hall–Kier alpha value is -1.42. The summed E-state index contributed by atoms with van der Waals surface area (Å²) in [5.41, 5.74) is 1.53. The lowest BCUT2D eigenvalue weighted by atomic mass is 10.1. The molecule has 0 aromatic heterocycles. The molecule has 0 heterocycles. The van der Waals surface area contributed by atoms with Gasteiger partial charge in [0.25, 0.3) is 5.69 Å². The first kappa shape index (κ1) is 13.0. The lowest BCUT2D eigenvalue weighted by Crippen LogP contribution is -2.21. The van der Waals surface area contributed by atoms with Gasteiger partial charge >= 0.3 is 0 Å². The minimum absolute atomic E-state index is 0.228. The number of para-hydroxylation sites is 1. The van der Waals surface area contributed by atoms with Crippen molar-refractivity contribution in [2.24, 2.45) is 11.3 Å². The molecule has 4 nitrogen and oxygen atoms in total. The van der Waals surface area contributed by atoms with Crippen LogP contribution in [0.4, 0.5) is 5.69 Å². The zero-order valence-corrected chi connectivity index (χ0v) is 11.0. The molecule has 1 aromatic rings. The van der Waals surface area contributed by atoms with Gasteiger partial charge in [-0.2, -0.15) is 0 Å². The van der Waals surface area contributed by atoms with Crippen LogP contribution in [0.1, 0.15) is 25.8 Å². The Morgan fingerprint density at radius 2 is 2.11 bits per heavy atom. The predicted molar refractivity (Wildman–Crippen MR) is 71.6 cm³/mol. The summed E-state index contributed by atoms with van der Waals surface area (Å²) in [4.78, 5) is 10.5. The van der Waals surface area contributed by atoms with Gasteiger partial charge in [0.2, 0.25) is 0 Å². The van der Waals surface area contributed by atoms with Crippen LogP contribution in [-0.2, 0) is 6.42 Å². The second kappa shape index (κ2) is 5.06. The minimum atomic E-state index is -0.306. The maximum Gasteiger partial charge on any atom is 0.272 e. The van der Waals surface area contributed by atoms with E-state index in [1.165, 1.54) is 6.42 Å². The van der Waals surface area contributed by atoms with E-state index in [9.17, 15) is 10.1 Å². The predicted octanol–water partition coefficient (Wildman–Crippen LogP) is 2.77. The van der Waals surface area contributed by atoms with Crippen molar-refractivity contribution in [3.63, 3.8) is 0 Å². The van der Waals surface area contributed by atoms with Gasteiger partial charge in [-0.05, 0) is 37.3 Å². The highest BCUT2D eigenvalue weighted by atomic mass is 16.6. The summed E-state index contributed by atoms with van der Waals surface area (Å²) in [5.74, 6) is 0.767. The molecule has 98 valence electrons. The van der Waals surface area contributed by atoms with Crippen molar-refractivity contribution in [2.45, 2.75) is 26.7 Å². The van der Waals surface area contributed by atoms with Gasteiger partial charge in [0.05, 0.1) is 4.92 Å². The van der Waals surface area contributed by atoms with Crippen LogP contribution in [0, 0.1) is 21.4 Å². The molecule has 1 unspecified atom stereocenters. The summed E-state index contributed by atoms with van der Waals surface area (Å²) in [6, 6.07) is 6.97. The summed E-state index contributed by atoms with van der Waals surface area (Å²) in [7, 11) is 0. The van der Waals surface area contributed by atoms with E-state index in [1.807, 2.05) is 12.1 Å². The molecule has 1 N–H and O–H groups in total. The number of nitro benzene ring substituents is 1. The van der Waals surface area contributed by atoms with Crippen LogP contribution in [0.2, 0.25) is 0 Å². The number of hydrogen-bond acceptors (Lipinski definition) is 3. The lowest BCUT2D eigenvalue weighted by Gasteiger charge is -2.06. The van der Waals surface area contributed by atoms with Crippen LogP contribution in [0.25, 0.3) is 0 Å². The molecule has 1 aliphatic rings. The number of nitrogens with one attached hydrogen (secondary N) is 1. The lowest BCUT2D eigenvalue weighted by molar-refractivity contribution is -0.385. The highest BCUT2D eigenvalue weighted by molar-refractivity contribution is 5.39. The molecule has 1 atom stereocenters. The number of hydrogen-bond donors (Lipinski definition) is 1. The fourth-order valence-corrected chi connectivity index (χ4v) is 2.32. The van der Waals surface area contributed by atoms with Gasteiger partial charge in [-0.15, -0.1) is 0 Å². The third-order valence-electron chi connectivity index (χ3n) is 3.87. The normalized spacial score (nSPS) is 20.7. The molecule has 0 aliphatic heterocycles. The maximum atomic E-state index is 10.8. The van der Waals surface area contributed by atoms with Crippen molar-refractivity contribution in [1.29, 1.82) is 0 Å². The van der Waals surface area contributed by atoms with Crippen molar-refractivity contribution in [1.82, 2.24) is 5.32 Å². The Morgan fingerprint density at radius 1 is 1.44 bits per heavy atom. The molecule has 0 amide bonds. The number of nitrogens with zero attached hydrogens (tertiary/aromatic N) is 1. The number of benzene rings is 1.